The monoisotopic (exact) mass is 305 g/mol. The SMILES string of the molecule is CCc1ccccc1-c1nc2c(Cl)cc(Cl)cn2c1N. The summed E-state index contributed by atoms with van der Waals surface area (Å²) in [6.07, 6.45) is 2.64. The number of hydrogen-bond donors (Lipinski definition) is 1. The second kappa shape index (κ2) is 5.00. The number of halogens is 2. The number of nitrogens with zero attached hydrogens (tertiary/aromatic N) is 2. The van der Waals surface area contributed by atoms with Crippen molar-refractivity contribution in [2.75, 3.05) is 5.73 Å². The third-order valence-electron chi connectivity index (χ3n) is 3.33. The lowest BCUT2D eigenvalue weighted by atomic mass is 10.0. The first-order chi connectivity index (χ1) is 9.61. The van der Waals surface area contributed by atoms with Gasteiger partial charge in [0.25, 0.3) is 0 Å². The Morgan fingerprint density at radius 2 is 2.00 bits per heavy atom. The predicted molar refractivity (Wildman–Crippen MR) is 84.4 cm³/mol. The Labute approximate surface area is 127 Å². The minimum atomic E-state index is 0.490. The molecule has 3 aromatic rings. The van der Waals surface area contributed by atoms with Crippen LogP contribution in [0.15, 0.2) is 36.5 Å². The summed E-state index contributed by atoms with van der Waals surface area (Å²) in [7, 11) is 0. The van der Waals surface area contributed by atoms with Crippen molar-refractivity contribution < 1.29 is 0 Å². The molecule has 2 aromatic heterocycles. The molecule has 0 aliphatic heterocycles. The highest BCUT2D eigenvalue weighted by atomic mass is 35.5. The first-order valence-corrected chi connectivity index (χ1v) is 7.08. The van der Waals surface area contributed by atoms with E-state index in [1.807, 2.05) is 18.2 Å². The zero-order valence-corrected chi connectivity index (χ0v) is 12.4. The molecule has 0 atom stereocenters. The third kappa shape index (κ3) is 2.03. The molecule has 20 heavy (non-hydrogen) atoms. The lowest BCUT2D eigenvalue weighted by Gasteiger charge is -2.05. The Hall–Kier alpha value is -1.71. The second-order valence-electron chi connectivity index (χ2n) is 4.56. The number of anilines is 1. The average molecular weight is 306 g/mol. The van der Waals surface area contributed by atoms with Gasteiger partial charge in [0.05, 0.1) is 10.0 Å². The van der Waals surface area contributed by atoms with E-state index in [4.69, 9.17) is 28.9 Å². The topological polar surface area (TPSA) is 43.3 Å². The lowest BCUT2D eigenvalue weighted by molar-refractivity contribution is 1.14. The normalized spacial score (nSPS) is 11.2. The Balaban J connectivity index is 2.32. The van der Waals surface area contributed by atoms with Crippen LogP contribution >= 0.6 is 23.2 Å². The number of rotatable bonds is 2. The van der Waals surface area contributed by atoms with Crippen molar-refractivity contribution in [3.05, 3.63) is 52.1 Å². The first-order valence-electron chi connectivity index (χ1n) is 6.32. The first kappa shape index (κ1) is 13.3. The van der Waals surface area contributed by atoms with E-state index in [1.54, 1.807) is 16.7 Å². The highest BCUT2D eigenvalue weighted by Gasteiger charge is 2.16. The van der Waals surface area contributed by atoms with E-state index in [1.165, 1.54) is 5.56 Å². The smallest absolute Gasteiger partial charge is 0.158 e. The van der Waals surface area contributed by atoms with E-state index in [2.05, 4.69) is 18.0 Å². The van der Waals surface area contributed by atoms with Crippen LogP contribution in [-0.2, 0) is 6.42 Å². The molecule has 0 spiro atoms. The van der Waals surface area contributed by atoms with Gasteiger partial charge in [-0.1, -0.05) is 54.4 Å². The molecule has 0 aliphatic rings. The van der Waals surface area contributed by atoms with E-state index in [0.29, 0.717) is 21.5 Å². The summed E-state index contributed by atoms with van der Waals surface area (Å²) in [5.74, 6) is 0.547. The summed E-state index contributed by atoms with van der Waals surface area (Å²) in [6.45, 7) is 2.11. The van der Waals surface area contributed by atoms with Crippen molar-refractivity contribution in [1.82, 2.24) is 9.38 Å². The third-order valence-corrected chi connectivity index (χ3v) is 3.82. The summed E-state index contributed by atoms with van der Waals surface area (Å²) in [4.78, 5) is 4.58. The molecule has 0 unspecified atom stereocenters. The number of pyridine rings is 1. The van der Waals surface area contributed by atoms with Gasteiger partial charge in [0, 0.05) is 11.8 Å². The zero-order valence-electron chi connectivity index (χ0n) is 10.9. The number of imidazole rings is 1. The van der Waals surface area contributed by atoms with Gasteiger partial charge in [-0.2, -0.15) is 0 Å². The van der Waals surface area contributed by atoms with Crippen LogP contribution in [0.3, 0.4) is 0 Å². The number of benzene rings is 1. The Kier molecular flexibility index (Phi) is 3.32. The zero-order chi connectivity index (χ0) is 14.3. The van der Waals surface area contributed by atoms with E-state index in [0.717, 1.165) is 17.7 Å². The summed E-state index contributed by atoms with van der Waals surface area (Å²) >= 11 is 12.2. The van der Waals surface area contributed by atoms with E-state index in [-0.39, 0.29) is 0 Å². The molecule has 0 radical (unpaired) electrons. The van der Waals surface area contributed by atoms with Gasteiger partial charge < -0.3 is 5.73 Å². The number of aryl methyl sites for hydroxylation is 1. The second-order valence-corrected chi connectivity index (χ2v) is 5.40. The van der Waals surface area contributed by atoms with Crippen LogP contribution in [0, 0.1) is 0 Å². The van der Waals surface area contributed by atoms with Crippen LogP contribution in [0.5, 0.6) is 0 Å². The van der Waals surface area contributed by atoms with E-state index >= 15 is 0 Å². The molecule has 0 fully saturated rings. The van der Waals surface area contributed by atoms with Gasteiger partial charge in [-0.15, -0.1) is 0 Å². The molecule has 0 saturated carbocycles. The van der Waals surface area contributed by atoms with Crippen molar-refractivity contribution in [3.8, 4) is 11.3 Å². The molecule has 2 N–H and O–H groups in total. The van der Waals surface area contributed by atoms with Gasteiger partial charge in [0.1, 0.15) is 11.5 Å². The standard InChI is InChI=1S/C15H13Cl2N3/c1-2-9-5-3-4-6-11(9)13-14(18)20-8-10(16)7-12(17)15(20)19-13/h3-8H,2,18H2,1H3. The molecule has 0 bridgehead atoms. The highest BCUT2D eigenvalue weighted by molar-refractivity contribution is 6.36. The van der Waals surface area contributed by atoms with Gasteiger partial charge in [0.2, 0.25) is 0 Å². The molecule has 0 saturated heterocycles. The predicted octanol–water partition coefficient (Wildman–Crippen LogP) is 4.45. The molecule has 3 nitrogen and oxygen atoms in total. The summed E-state index contributed by atoms with van der Waals surface area (Å²) in [6, 6.07) is 9.75. The number of aromatic nitrogens is 2. The van der Waals surface area contributed by atoms with Crippen LogP contribution in [0.2, 0.25) is 10.0 Å². The van der Waals surface area contributed by atoms with Crippen LogP contribution in [0.4, 0.5) is 5.82 Å². The maximum Gasteiger partial charge on any atom is 0.158 e. The average Bonchev–Trinajstić information content (AvgIpc) is 2.77. The van der Waals surface area contributed by atoms with Gasteiger partial charge in [-0.05, 0) is 18.1 Å². The number of nitrogen functional groups attached to an aromatic ring is 1. The van der Waals surface area contributed by atoms with Crippen molar-refractivity contribution in [2.24, 2.45) is 0 Å². The molecule has 0 aliphatic carbocycles. The molecular formula is C15H13Cl2N3. The van der Waals surface area contributed by atoms with Gasteiger partial charge in [-0.3, -0.25) is 4.40 Å². The lowest BCUT2D eigenvalue weighted by Crippen LogP contribution is -1.95. The van der Waals surface area contributed by atoms with Crippen molar-refractivity contribution in [2.45, 2.75) is 13.3 Å². The minimum absolute atomic E-state index is 0.490. The van der Waals surface area contributed by atoms with Gasteiger partial charge in [0.15, 0.2) is 5.65 Å². The fraction of sp³-hybridized carbons (Fsp3) is 0.133. The van der Waals surface area contributed by atoms with Crippen molar-refractivity contribution in [1.29, 1.82) is 0 Å². The van der Waals surface area contributed by atoms with Crippen LogP contribution in [0.1, 0.15) is 12.5 Å². The number of fused-ring (bicyclic) bond motifs is 1. The summed E-state index contributed by atoms with van der Waals surface area (Å²) in [5, 5.41) is 1.02. The molecule has 3 rings (SSSR count). The molecule has 2 heterocycles. The Morgan fingerprint density at radius 3 is 2.75 bits per heavy atom. The Morgan fingerprint density at radius 1 is 1.25 bits per heavy atom. The number of nitrogens with two attached hydrogens (primary N) is 1. The molecule has 0 amide bonds. The Bertz CT molecular complexity index is 793. The fourth-order valence-electron chi connectivity index (χ4n) is 2.35. The van der Waals surface area contributed by atoms with Crippen molar-refractivity contribution >= 4 is 34.7 Å². The molecule has 102 valence electrons. The summed E-state index contributed by atoms with van der Waals surface area (Å²) < 4.78 is 1.73. The number of hydrogen-bond acceptors (Lipinski definition) is 2. The maximum absolute atomic E-state index is 6.22. The van der Waals surface area contributed by atoms with Gasteiger partial charge in [-0.25, -0.2) is 4.98 Å². The largest absolute Gasteiger partial charge is 0.383 e. The van der Waals surface area contributed by atoms with Gasteiger partial charge >= 0.3 is 0 Å². The molecule has 1 aromatic carbocycles. The van der Waals surface area contributed by atoms with E-state index < -0.39 is 0 Å². The molecular weight excluding hydrogens is 293 g/mol. The van der Waals surface area contributed by atoms with Crippen LogP contribution < -0.4 is 5.73 Å². The molecule has 5 heteroatoms. The minimum Gasteiger partial charge on any atom is -0.383 e. The van der Waals surface area contributed by atoms with E-state index in [9.17, 15) is 0 Å². The summed E-state index contributed by atoms with van der Waals surface area (Å²) in [5.41, 5.74) is 9.81. The highest BCUT2D eigenvalue weighted by Crippen LogP contribution is 2.32. The fourth-order valence-corrected chi connectivity index (χ4v) is 2.86. The van der Waals surface area contributed by atoms with Crippen molar-refractivity contribution in [3.63, 3.8) is 0 Å². The van der Waals surface area contributed by atoms with Crippen LogP contribution in [0.25, 0.3) is 16.9 Å². The van der Waals surface area contributed by atoms with Crippen LogP contribution in [-0.4, -0.2) is 9.38 Å². The quantitative estimate of drug-likeness (QED) is 0.760. The maximum atomic E-state index is 6.22.